The van der Waals surface area contributed by atoms with Crippen molar-refractivity contribution in [3.63, 3.8) is 0 Å². The summed E-state index contributed by atoms with van der Waals surface area (Å²) in [6.07, 6.45) is 0. The summed E-state index contributed by atoms with van der Waals surface area (Å²) in [5, 5.41) is 17.7. The number of halogens is 3. The summed E-state index contributed by atoms with van der Waals surface area (Å²) < 4.78 is 12.9. The maximum absolute atomic E-state index is 12.5. The molecule has 5 nitrogen and oxygen atoms in total. The summed E-state index contributed by atoms with van der Waals surface area (Å²) in [6.45, 7) is 0.271. The molecule has 0 unspecified atom stereocenters. The maximum atomic E-state index is 12.5. The van der Waals surface area contributed by atoms with E-state index in [0.29, 0.717) is 10.0 Å². The van der Waals surface area contributed by atoms with E-state index in [9.17, 15) is 9.18 Å². The van der Waals surface area contributed by atoms with Crippen LogP contribution in [0.4, 0.5) is 4.39 Å². The molecule has 1 aromatic carbocycles. The molecule has 0 aliphatic carbocycles. The van der Waals surface area contributed by atoms with E-state index >= 15 is 0 Å². The number of nitrogens with zero attached hydrogens (tertiary/aromatic N) is 1. The normalized spacial score (nSPS) is 9.71. The molecule has 0 radical (unpaired) electrons. The van der Waals surface area contributed by atoms with Gasteiger partial charge < -0.3 is 15.9 Å². The van der Waals surface area contributed by atoms with Crippen molar-refractivity contribution >= 4 is 37.8 Å². The Morgan fingerprint density at radius 3 is 2.38 bits per heavy atom. The maximum Gasteiger partial charge on any atom is 0.354 e. The lowest BCUT2D eigenvalue weighted by Crippen LogP contribution is -2.00. The minimum absolute atomic E-state index is 0.106. The number of pyridine rings is 1. The van der Waals surface area contributed by atoms with Crippen LogP contribution in [0.1, 0.15) is 16.1 Å². The lowest BCUT2D eigenvalue weighted by atomic mass is 10.2. The topological polar surface area (TPSA) is 96.4 Å². The lowest BCUT2D eigenvalue weighted by Gasteiger charge is -2.00. The van der Waals surface area contributed by atoms with Gasteiger partial charge in [0.05, 0.1) is 4.47 Å². The summed E-state index contributed by atoms with van der Waals surface area (Å²) in [7, 11) is 0. The van der Waals surface area contributed by atoms with E-state index < -0.39 is 5.97 Å². The summed E-state index contributed by atoms with van der Waals surface area (Å²) in [5.74, 6) is -1.48. The molecular formula is C13H11Br2FN2O3. The smallest absolute Gasteiger partial charge is 0.354 e. The molecule has 1 heterocycles. The highest BCUT2D eigenvalue weighted by molar-refractivity contribution is 9.11. The van der Waals surface area contributed by atoms with Crippen LogP contribution in [0.15, 0.2) is 39.4 Å². The molecule has 0 aliphatic rings. The molecular weight excluding hydrogens is 411 g/mol. The van der Waals surface area contributed by atoms with Crippen molar-refractivity contribution in [3.05, 3.63) is 56.5 Å². The molecule has 0 saturated carbocycles. The Morgan fingerprint density at radius 1 is 1.33 bits per heavy atom. The predicted molar refractivity (Wildman–Crippen MR) is 82.6 cm³/mol. The minimum Gasteiger partial charge on any atom is -0.504 e. The van der Waals surface area contributed by atoms with Crippen LogP contribution in [0.5, 0.6) is 5.75 Å². The second-order valence-electron chi connectivity index (χ2n) is 3.73. The molecule has 1 aromatic heterocycles. The van der Waals surface area contributed by atoms with Crippen molar-refractivity contribution in [3.8, 4) is 5.75 Å². The molecule has 21 heavy (non-hydrogen) atoms. The number of aromatic nitrogens is 1. The van der Waals surface area contributed by atoms with Crippen LogP contribution in [0.2, 0.25) is 0 Å². The number of hydrogen-bond acceptors (Lipinski definition) is 4. The SMILES string of the molecule is NCc1ccccc1F.O=C(O)c1cc(Br)c(O)c(Br)n1. The van der Waals surface area contributed by atoms with Gasteiger partial charge in [-0.2, -0.15) is 0 Å². The van der Waals surface area contributed by atoms with Crippen LogP contribution in [-0.2, 0) is 6.54 Å². The van der Waals surface area contributed by atoms with Crippen molar-refractivity contribution in [1.82, 2.24) is 4.98 Å². The van der Waals surface area contributed by atoms with Crippen molar-refractivity contribution in [2.45, 2.75) is 6.54 Å². The lowest BCUT2D eigenvalue weighted by molar-refractivity contribution is 0.0690. The van der Waals surface area contributed by atoms with E-state index in [0.717, 1.165) is 0 Å². The third kappa shape index (κ3) is 5.07. The van der Waals surface area contributed by atoms with E-state index in [-0.39, 0.29) is 28.4 Å². The number of rotatable bonds is 2. The van der Waals surface area contributed by atoms with Gasteiger partial charge in [0.25, 0.3) is 0 Å². The second kappa shape index (κ2) is 8.06. The Bertz CT molecular complexity index is 630. The number of carboxylic acid groups (broad SMARTS) is 1. The van der Waals surface area contributed by atoms with E-state index in [2.05, 4.69) is 36.8 Å². The van der Waals surface area contributed by atoms with E-state index in [1.165, 1.54) is 12.1 Å². The van der Waals surface area contributed by atoms with E-state index in [4.69, 9.17) is 15.9 Å². The molecule has 0 spiro atoms. The van der Waals surface area contributed by atoms with Gasteiger partial charge in [0.2, 0.25) is 0 Å². The Morgan fingerprint density at radius 2 is 1.95 bits per heavy atom. The number of hydrogen-bond donors (Lipinski definition) is 3. The minimum atomic E-state index is -1.14. The van der Waals surface area contributed by atoms with E-state index in [1.54, 1.807) is 18.2 Å². The fourth-order valence-corrected chi connectivity index (χ4v) is 2.33. The van der Waals surface area contributed by atoms with Gasteiger partial charge >= 0.3 is 5.97 Å². The van der Waals surface area contributed by atoms with Crippen LogP contribution in [0.25, 0.3) is 0 Å². The summed E-state index contributed by atoms with van der Waals surface area (Å²) >= 11 is 5.89. The zero-order valence-electron chi connectivity index (χ0n) is 10.6. The number of carboxylic acids is 1. The average molecular weight is 422 g/mol. The fraction of sp³-hybridized carbons (Fsp3) is 0.0769. The Hall–Kier alpha value is -1.51. The summed E-state index contributed by atoms with van der Waals surface area (Å²) in [4.78, 5) is 14.0. The van der Waals surface area contributed by atoms with Gasteiger partial charge in [-0.15, -0.1) is 0 Å². The van der Waals surface area contributed by atoms with Crippen molar-refractivity contribution < 1.29 is 19.4 Å². The molecule has 2 aromatic rings. The van der Waals surface area contributed by atoms with Gasteiger partial charge in [0, 0.05) is 12.1 Å². The molecule has 0 amide bonds. The molecule has 2 rings (SSSR count). The Kier molecular flexibility index (Phi) is 6.73. The first-order valence-corrected chi connectivity index (χ1v) is 7.17. The molecule has 0 fully saturated rings. The molecule has 8 heteroatoms. The highest BCUT2D eigenvalue weighted by Gasteiger charge is 2.11. The van der Waals surface area contributed by atoms with Gasteiger partial charge in [0.15, 0.2) is 11.4 Å². The molecule has 0 bridgehead atoms. The third-order valence-electron chi connectivity index (χ3n) is 2.30. The van der Waals surface area contributed by atoms with Crippen LogP contribution < -0.4 is 5.73 Å². The predicted octanol–water partition coefficient (Wildman–Crippen LogP) is 3.29. The second-order valence-corrected chi connectivity index (χ2v) is 5.33. The average Bonchev–Trinajstić information content (AvgIpc) is 2.45. The van der Waals surface area contributed by atoms with Crippen molar-refractivity contribution in [2.24, 2.45) is 5.73 Å². The highest BCUT2D eigenvalue weighted by Crippen LogP contribution is 2.30. The zero-order chi connectivity index (χ0) is 16.0. The first-order valence-electron chi connectivity index (χ1n) is 5.58. The number of nitrogens with two attached hydrogens (primary N) is 1. The number of aromatic hydroxyl groups is 1. The first-order chi connectivity index (χ1) is 9.86. The van der Waals surface area contributed by atoms with Crippen molar-refractivity contribution in [1.29, 1.82) is 0 Å². The van der Waals surface area contributed by atoms with Gasteiger partial charge in [-0.25, -0.2) is 14.2 Å². The zero-order valence-corrected chi connectivity index (χ0v) is 13.7. The fourth-order valence-electron chi connectivity index (χ4n) is 1.25. The largest absolute Gasteiger partial charge is 0.504 e. The van der Waals surface area contributed by atoms with Crippen LogP contribution in [-0.4, -0.2) is 21.2 Å². The molecule has 112 valence electrons. The van der Waals surface area contributed by atoms with Gasteiger partial charge in [-0.3, -0.25) is 0 Å². The molecule has 0 aliphatic heterocycles. The Labute approximate surface area is 136 Å². The van der Waals surface area contributed by atoms with Crippen molar-refractivity contribution in [2.75, 3.05) is 0 Å². The third-order valence-corrected chi connectivity index (χ3v) is 3.46. The van der Waals surface area contributed by atoms with Crippen LogP contribution >= 0.6 is 31.9 Å². The number of carbonyl (C=O) groups is 1. The first kappa shape index (κ1) is 17.5. The van der Waals surface area contributed by atoms with Gasteiger partial charge in [-0.1, -0.05) is 18.2 Å². The summed E-state index contributed by atoms with van der Waals surface area (Å²) in [5.41, 5.74) is 5.64. The van der Waals surface area contributed by atoms with Crippen LogP contribution in [0.3, 0.4) is 0 Å². The Balaban J connectivity index is 0.000000219. The number of aromatic carboxylic acids is 1. The molecule has 4 N–H and O–H groups in total. The molecule has 0 saturated heterocycles. The molecule has 0 atom stereocenters. The van der Waals surface area contributed by atoms with E-state index in [1.807, 2.05) is 0 Å². The standard InChI is InChI=1S/C7H8FN.C6H3Br2NO3/c8-7-4-2-1-3-6(7)5-9;7-2-1-3(6(11)12)9-5(8)4(2)10/h1-4H,5,9H2;1,10H,(H,11,12). The van der Waals surface area contributed by atoms with Gasteiger partial charge in [0.1, 0.15) is 10.4 Å². The van der Waals surface area contributed by atoms with Crippen LogP contribution in [0, 0.1) is 5.82 Å². The van der Waals surface area contributed by atoms with Gasteiger partial charge in [-0.05, 0) is 44.0 Å². The quantitative estimate of drug-likeness (QED) is 0.646. The highest BCUT2D eigenvalue weighted by atomic mass is 79.9. The monoisotopic (exact) mass is 420 g/mol. The summed E-state index contributed by atoms with van der Waals surface area (Å²) in [6, 6.07) is 7.72. The number of benzene rings is 1.